The van der Waals surface area contributed by atoms with Gasteiger partial charge in [0.25, 0.3) is 5.92 Å². The fraction of sp³-hybridized carbons (Fsp3) is 0.647. The molecule has 6 heteroatoms. The van der Waals surface area contributed by atoms with Crippen molar-refractivity contribution in [3.63, 3.8) is 0 Å². The summed E-state index contributed by atoms with van der Waals surface area (Å²) in [5.74, 6) is -3.61. The molecule has 0 radical (unpaired) electrons. The molecule has 2 heterocycles. The maximum atomic E-state index is 14.1. The summed E-state index contributed by atoms with van der Waals surface area (Å²) in [6.07, 6.45) is 5.90. The molecule has 1 aliphatic carbocycles. The third-order valence-electron chi connectivity index (χ3n) is 4.83. The van der Waals surface area contributed by atoms with E-state index in [0.717, 1.165) is 24.8 Å². The van der Waals surface area contributed by atoms with Crippen LogP contribution in [-0.2, 0) is 16.1 Å². The Balaban J connectivity index is 1.53. The van der Waals surface area contributed by atoms with Crippen molar-refractivity contribution in [2.75, 3.05) is 19.7 Å². The summed E-state index contributed by atoms with van der Waals surface area (Å²) < 4.78 is 33.7. The largest absolute Gasteiger partial charge is 0.376 e. The maximum Gasteiger partial charge on any atom is 0.256 e. The number of ether oxygens (including phenoxy) is 1. The molecule has 1 unspecified atom stereocenters. The van der Waals surface area contributed by atoms with Crippen molar-refractivity contribution in [2.24, 2.45) is 11.8 Å². The first kappa shape index (κ1) is 16.3. The predicted octanol–water partition coefficient (Wildman–Crippen LogP) is 2.88. The summed E-state index contributed by atoms with van der Waals surface area (Å²) in [5.41, 5.74) is 0.856. The summed E-state index contributed by atoms with van der Waals surface area (Å²) in [4.78, 5) is 17.8. The summed E-state index contributed by atoms with van der Waals surface area (Å²) >= 11 is 0. The number of rotatable bonds is 5. The van der Waals surface area contributed by atoms with Gasteiger partial charge in [-0.1, -0.05) is 12.5 Å². The minimum Gasteiger partial charge on any atom is -0.376 e. The zero-order valence-electron chi connectivity index (χ0n) is 13.1. The number of carbonyl (C=O) groups is 1. The first-order chi connectivity index (χ1) is 11.1. The Bertz CT molecular complexity index is 535. The molecule has 0 bridgehead atoms. The van der Waals surface area contributed by atoms with E-state index in [-0.39, 0.29) is 44.5 Å². The average Bonchev–Trinajstić information content (AvgIpc) is 2.48. The van der Waals surface area contributed by atoms with Gasteiger partial charge in [-0.15, -0.1) is 0 Å². The molecule has 1 amide bonds. The van der Waals surface area contributed by atoms with Crippen molar-refractivity contribution in [2.45, 2.75) is 38.2 Å². The van der Waals surface area contributed by atoms with E-state index in [2.05, 4.69) is 4.98 Å². The number of alkyl halides is 2. The normalized spacial score (nSPS) is 24.3. The van der Waals surface area contributed by atoms with Gasteiger partial charge >= 0.3 is 0 Å². The maximum absolute atomic E-state index is 14.1. The Morgan fingerprint density at radius 2 is 2.26 bits per heavy atom. The SMILES string of the molecule is O=C(C1CCC1)N1CCC(F)(F)C(COCc2cccnc2)C1. The van der Waals surface area contributed by atoms with Gasteiger partial charge in [-0.25, -0.2) is 8.78 Å². The number of hydrogen-bond donors (Lipinski definition) is 0. The van der Waals surface area contributed by atoms with E-state index in [4.69, 9.17) is 4.74 Å². The molecule has 126 valence electrons. The topological polar surface area (TPSA) is 42.4 Å². The lowest BCUT2D eigenvalue weighted by atomic mass is 9.83. The number of likely N-dealkylation sites (tertiary alicyclic amines) is 1. The molecule has 0 spiro atoms. The van der Waals surface area contributed by atoms with Crippen molar-refractivity contribution < 1.29 is 18.3 Å². The second-order valence-electron chi connectivity index (χ2n) is 6.50. The highest BCUT2D eigenvalue weighted by atomic mass is 19.3. The van der Waals surface area contributed by atoms with Crippen LogP contribution in [0.25, 0.3) is 0 Å². The summed E-state index contributed by atoms with van der Waals surface area (Å²) in [6.45, 7) is 0.462. The molecular weight excluding hydrogens is 302 g/mol. The van der Waals surface area contributed by atoms with E-state index >= 15 is 0 Å². The number of carbonyl (C=O) groups excluding carboxylic acids is 1. The van der Waals surface area contributed by atoms with Gasteiger partial charge in [-0.05, 0) is 24.5 Å². The van der Waals surface area contributed by atoms with Crippen LogP contribution >= 0.6 is 0 Å². The summed E-state index contributed by atoms with van der Waals surface area (Å²) in [6, 6.07) is 3.63. The number of halogens is 2. The Morgan fingerprint density at radius 3 is 2.91 bits per heavy atom. The summed E-state index contributed by atoms with van der Waals surface area (Å²) in [7, 11) is 0. The lowest BCUT2D eigenvalue weighted by molar-refractivity contribution is -0.157. The van der Waals surface area contributed by atoms with Crippen LogP contribution in [0.15, 0.2) is 24.5 Å². The van der Waals surface area contributed by atoms with Crippen LogP contribution in [0.4, 0.5) is 8.78 Å². The third kappa shape index (κ3) is 3.86. The molecule has 3 rings (SSSR count). The molecule has 1 aliphatic heterocycles. The molecule has 2 fully saturated rings. The quantitative estimate of drug-likeness (QED) is 0.836. The highest BCUT2D eigenvalue weighted by Crippen LogP contribution is 2.36. The van der Waals surface area contributed by atoms with Gasteiger partial charge in [0.1, 0.15) is 0 Å². The van der Waals surface area contributed by atoms with Gasteiger partial charge < -0.3 is 9.64 Å². The first-order valence-electron chi connectivity index (χ1n) is 8.19. The van der Waals surface area contributed by atoms with Gasteiger partial charge in [0.2, 0.25) is 5.91 Å². The molecule has 0 N–H and O–H groups in total. The van der Waals surface area contributed by atoms with E-state index in [1.54, 1.807) is 23.4 Å². The van der Waals surface area contributed by atoms with Crippen molar-refractivity contribution >= 4 is 5.91 Å². The van der Waals surface area contributed by atoms with Gasteiger partial charge in [-0.2, -0.15) is 0 Å². The summed E-state index contributed by atoms with van der Waals surface area (Å²) in [5, 5.41) is 0. The van der Waals surface area contributed by atoms with Gasteiger partial charge in [0.05, 0.1) is 19.1 Å². The molecule has 1 atom stereocenters. The zero-order valence-corrected chi connectivity index (χ0v) is 13.1. The molecule has 2 aliphatic rings. The third-order valence-corrected chi connectivity index (χ3v) is 4.83. The van der Waals surface area contributed by atoms with Crippen molar-refractivity contribution in [3.8, 4) is 0 Å². The number of pyridine rings is 1. The number of hydrogen-bond acceptors (Lipinski definition) is 3. The standard InChI is InChI=1S/C17H22F2N2O2/c18-17(19)6-8-21(16(22)14-4-1-5-14)10-15(17)12-23-11-13-3-2-7-20-9-13/h2-3,7,9,14-15H,1,4-6,8,10-12H2. The number of amides is 1. The van der Waals surface area contributed by atoms with E-state index in [1.807, 2.05) is 6.07 Å². The van der Waals surface area contributed by atoms with Gasteiger partial charge in [-0.3, -0.25) is 9.78 Å². The lowest BCUT2D eigenvalue weighted by Crippen LogP contribution is -2.52. The Hall–Kier alpha value is -1.56. The molecule has 1 saturated heterocycles. The van der Waals surface area contributed by atoms with Crippen LogP contribution in [0.5, 0.6) is 0 Å². The monoisotopic (exact) mass is 324 g/mol. The smallest absolute Gasteiger partial charge is 0.256 e. The van der Waals surface area contributed by atoms with Gasteiger partial charge in [0.15, 0.2) is 0 Å². The minimum atomic E-state index is -2.77. The van der Waals surface area contributed by atoms with E-state index in [0.29, 0.717) is 0 Å². The molecule has 4 nitrogen and oxygen atoms in total. The van der Waals surface area contributed by atoms with E-state index in [9.17, 15) is 13.6 Å². The number of nitrogens with zero attached hydrogens (tertiary/aromatic N) is 2. The second kappa shape index (κ2) is 6.91. The zero-order chi connectivity index (χ0) is 16.3. The highest BCUT2D eigenvalue weighted by molar-refractivity contribution is 5.79. The van der Waals surface area contributed by atoms with E-state index in [1.165, 1.54) is 0 Å². The van der Waals surface area contributed by atoms with Crippen LogP contribution in [0.1, 0.15) is 31.2 Å². The van der Waals surface area contributed by atoms with Gasteiger partial charge in [0, 0.05) is 37.8 Å². The predicted molar refractivity (Wildman–Crippen MR) is 80.9 cm³/mol. The molecular formula is C17H22F2N2O2. The Morgan fingerprint density at radius 1 is 1.43 bits per heavy atom. The van der Waals surface area contributed by atoms with Crippen molar-refractivity contribution in [1.82, 2.24) is 9.88 Å². The Kier molecular flexibility index (Phi) is 4.90. The fourth-order valence-corrected chi connectivity index (χ4v) is 3.07. The fourth-order valence-electron chi connectivity index (χ4n) is 3.07. The Labute approximate surface area is 134 Å². The number of piperidine rings is 1. The minimum absolute atomic E-state index is 0.0453. The van der Waals surface area contributed by atoms with Crippen molar-refractivity contribution in [3.05, 3.63) is 30.1 Å². The molecule has 0 aromatic carbocycles. The van der Waals surface area contributed by atoms with Crippen LogP contribution in [-0.4, -0.2) is 41.4 Å². The second-order valence-corrected chi connectivity index (χ2v) is 6.50. The van der Waals surface area contributed by atoms with Crippen LogP contribution in [0, 0.1) is 11.8 Å². The lowest BCUT2D eigenvalue weighted by Gasteiger charge is -2.40. The molecule has 23 heavy (non-hydrogen) atoms. The van der Waals surface area contributed by atoms with Crippen molar-refractivity contribution in [1.29, 1.82) is 0 Å². The van der Waals surface area contributed by atoms with Crippen LogP contribution in [0.3, 0.4) is 0 Å². The molecule has 1 aromatic rings. The average molecular weight is 324 g/mol. The molecule has 1 aromatic heterocycles. The van der Waals surface area contributed by atoms with Crippen LogP contribution in [0.2, 0.25) is 0 Å². The first-order valence-corrected chi connectivity index (χ1v) is 8.19. The van der Waals surface area contributed by atoms with E-state index < -0.39 is 11.8 Å². The number of aromatic nitrogens is 1. The van der Waals surface area contributed by atoms with Crippen LogP contribution < -0.4 is 0 Å². The molecule has 1 saturated carbocycles. The highest BCUT2D eigenvalue weighted by Gasteiger charge is 2.46.